The predicted octanol–water partition coefficient (Wildman–Crippen LogP) is 1.26. The van der Waals surface area contributed by atoms with Crippen molar-refractivity contribution in [3.05, 3.63) is 21.8 Å². The number of urea groups is 1. The molecule has 0 saturated carbocycles. The Hall–Kier alpha value is -1.55. The first-order chi connectivity index (χ1) is 9.26. The van der Waals surface area contributed by atoms with E-state index in [4.69, 9.17) is 9.84 Å². The van der Waals surface area contributed by atoms with Crippen molar-refractivity contribution in [3.8, 4) is 5.75 Å². The number of aliphatic hydroxyl groups is 1. The first-order valence-corrected chi connectivity index (χ1v) is 6.68. The fraction of sp³-hybridized carbons (Fsp3) is 0.333. The monoisotopic (exact) mass is 394 g/mol. The molecule has 0 heterocycles. The minimum absolute atomic E-state index is 0.402. The number of carboxylic acids is 1. The number of halogens is 1. The summed E-state index contributed by atoms with van der Waals surface area (Å²) in [5.41, 5.74) is -1.46. The standard InChI is InChI=1S/C12H15IN2O5/c1-12(19,10(16)17)6-14-11(18)15-9-4-3-7(20-2)5-8(9)13/h3-5,19H,6H2,1-2H3,(H,16,17)(H2,14,15,18). The molecular weight excluding hydrogens is 379 g/mol. The molecule has 0 spiro atoms. The Kier molecular flexibility index (Phi) is 5.57. The SMILES string of the molecule is COc1ccc(NC(=O)NCC(C)(O)C(=O)O)c(I)c1. The average Bonchev–Trinajstić information content (AvgIpc) is 2.38. The molecule has 1 atom stereocenters. The van der Waals surface area contributed by atoms with E-state index in [1.807, 2.05) is 22.6 Å². The maximum Gasteiger partial charge on any atom is 0.337 e. The van der Waals surface area contributed by atoms with Gasteiger partial charge in [-0.1, -0.05) is 0 Å². The van der Waals surface area contributed by atoms with Gasteiger partial charge in [0.05, 0.1) is 19.3 Å². The summed E-state index contributed by atoms with van der Waals surface area (Å²) >= 11 is 2.03. The number of hydrogen-bond donors (Lipinski definition) is 4. The van der Waals surface area contributed by atoms with Crippen LogP contribution in [0, 0.1) is 3.57 Å². The molecule has 8 heteroatoms. The molecule has 0 saturated heterocycles. The lowest BCUT2D eigenvalue weighted by Crippen LogP contribution is -2.47. The predicted molar refractivity (Wildman–Crippen MR) is 81.0 cm³/mol. The quantitative estimate of drug-likeness (QED) is 0.563. The third-order valence-corrected chi connectivity index (χ3v) is 3.37. The van der Waals surface area contributed by atoms with Crippen LogP contribution in [0.15, 0.2) is 18.2 Å². The third kappa shape index (κ3) is 4.53. The molecule has 0 fully saturated rings. The van der Waals surface area contributed by atoms with Crippen LogP contribution in [0.4, 0.5) is 10.5 Å². The van der Waals surface area contributed by atoms with Gasteiger partial charge in [-0.25, -0.2) is 9.59 Å². The van der Waals surface area contributed by atoms with Crippen LogP contribution in [0.1, 0.15) is 6.92 Å². The van der Waals surface area contributed by atoms with Crippen LogP contribution in [0.25, 0.3) is 0 Å². The van der Waals surface area contributed by atoms with Gasteiger partial charge in [-0.15, -0.1) is 0 Å². The largest absolute Gasteiger partial charge is 0.497 e. The van der Waals surface area contributed by atoms with Gasteiger partial charge in [0, 0.05) is 3.57 Å². The number of ether oxygens (including phenoxy) is 1. The first kappa shape index (κ1) is 16.5. The van der Waals surface area contributed by atoms with Gasteiger partial charge < -0.3 is 25.6 Å². The van der Waals surface area contributed by atoms with E-state index in [2.05, 4.69) is 10.6 Å². The highest BCUT2D eigenvalue weighted by Crippen LogP contribution is 2.23. The molecular formula is C12H15IN2O5. The van der Waals surface area contributed by atoms with Crippen molar-refractivity contribution in [1.29, 1.82) is 0 Å². The number of rotatable bonds is 5. The minimum Gasteiger partial charge on any atom is -0.497 e. The van der Waals surface area contributed by atoms with Gasteiger partial charge in [0.25, 0.3) is 0 Å². The van der Waals surface area contributed by atoms with Crippen molar-refractivity contribution in [2.75, 3.05) is 19.0 Å². The van der Waals surface area contributed by atoms with E-state index in [1.54, 1.807) is 25.3 Å². The van der Waals surface area contributed by atoms with Crippen molar-refractivity contribution in [1.82, 2.24) is 5.32 Å². The highest BCUT2D eigenvalue weighted by atomic mass is 127. The smallest absolute Gasteiger partial charge is 0.337 e. The van der Waals surface area contributed by atoms with Crippen molar-refractivity contribution < 1.29 is 24.5 Å². The Labute approximate surface area is 129 Å². The van der Waals surface area contributed by atoms with Gasteiger partial charge in [-0.2, -0.15) is 0 Å². The van der Waals surface area contributed by atoms with Gasteiger partial charge in [0.1, 0.15) is 5.75 Å². The molecule has 0 bridgehead atoms. The van der Waals surface area contributed by atoms with Crippen molar-refractivity contribution in [3.63, 3.8) is 0 Å². The van der Waals surface area contributed by atoms with Crippen molar-refractivity contribution in [2.24, 2.45) is 0 Å². The Bertz CT molecular complexity index is 519. The summed E-state index contributed by atoms with van der Waals surface area (Å²) in [6, 6.07) is 4.49. The normalized spacial score (nSPS) is 13.2. The number of nitrogens with one attached hydrogen (secondary N) is 2. The number of carboxylic acid groups (broad SMARTS) is 1. The molecule has 1 aromatic rings. The number of methoxy groups -OCH3 is 1. The molecule has 7 nitrogen and oxygen atoms in total. The van der Waals surface area contributed by atoms with Gasteiger partial charge in [0.2, 0.25) is 0 Å². The zero-order valence-electron chi connectivity index (χ0n) is 10.9. The second-order valence-corrected chi connectivity index (χ2v) is 5.39. The second kappa shape index (κ2) is 6.75. The van der Waals surface area contributed by atoms with Gasteiger partial charge in [-0.3, -0.25) is 0 Å². The highest BCUT2D eigenvalue weighted by molar-refractivity contribution is 14.1. The maximum atomic E-state index is 11.6. The first-order valence-electron chi connectivity index (χ1n) is 5.60. The van der Waals surface area contributed by atoms with E-state index in [0.29, 0.717) is 11.4 Å². The van der Waals surface area contributed by atoms with E-state index >= 15 is 0 Å². The zero-order chi connectivity index (χ0) is 15.3. The fourth-order valence-electron chi connectivity index (χ4n) is 1.22. The topological polar surface area (TPSA) is 108 Å². The molecule has 0 radical (unpaired) electrons. The molecule has 0 aliphatic rings. The number of anilines is 1. The maximum absolute atomic E-state index is 11.6. The Morgan fingerprint density at radius 3 is 2.60 bits per heavy atom. The molecule has 4 N–H and O–H groups in total. The van der Waals surface area contributed by atoms with Crippen molar-refractivity contribution in [2.45, 2.75) is 12.5 Å². The fourth-order valence-corrected chi connectivity index (χ4v) is 1.84. The summed E-state index contributed by atoms with van der Waals surface area (Å²) in [6.07, 6.45) is 0. The molecule has 110 valence electrons. The van der Waals surface area contributed by atoms with E-state index in [0.717, 1.165) is 10.5 Å². The van der Waals surface area contributed by atoms with Gasteiger partial charge in [-0.05, 0) is 47.7 Å². The van der Waals surface area contributed by atoms with Crippen LogP contribution in [0.3, 0.4) is 0 Å². The van der Waals surface area contributed by atoms with Crippen molar-refractivity contribution >= 4 is 40.3 Å². The summed E-state index contributed by atoms with van der Waals surface area (Å²) in [7, 11) is 1.54. The average molecular weight is 394 g/mol. The summed E-state index contributed by atoms with van der Waals surface area (Å²) in [5.74, 6) is -0.744. The minimum atomic E-state index is -2.01. The number of carbonyl (C=O) groups is 2. The van der Waals surface area contributed by atoms with Crippen LogP contribution in [0.5, 0.6) is 5.75 Å². The van der Waals surface area contributed by atoms with E-state index in [9.17, 15) is 14.7 Å². The number of amides is 2. The van der Waals surface area contributed by atoms with Crippen LogP contribution < -0.4 is 15.4 Å². The Balaban J connectivity index is 2.61. The Morgan fingerprint density at radius 1 is 1.45 bits per heavy atom. The number of hydrogen-bond acceptors (Lipinski definition) is 4. The lowest BCUT2D eigenvalue weighted by Gasteiger charge is -2.18. The third-order valence-electron chi connectivity index (χ3n) is 2.48. The summed E-state index contributed by atoms with van der Waals surface area (Å²) in [5, 5.41) is 23.0. The molecule has 1 aromatic carbocycles. The molecule has 0 aliphatic carbocycles. The molecule has 1 unspecified atom stereocenters. The Morgan fingerprint density at radius 2 is 2.10 bits per heavy atom. The lowest BCUT2D eigenvalue weighted by atomic mass is 10.1. The number of benzene rings is 1. The van der Waals surface area contributed by atoms with Gasteiger partial charge in [0.15, 0.2) is 5.60 Å². The lowest BCUT2D eigenvalue weighted by molar-refractivity contribution is -0.155. The number of aliphatic carboxylic acids is 1. The summed E-state index contributed by atoms with van der Waals surface area (Å²) in [4.78, 5) is 22.3. The van der Waals surface area contributed by atoms with Crippen LogP contribution in [-0.4, -0.2) is 41.5 Å². The van der Waals surface area contributed by atoms with E-state index in [-0.39, 0.29) is 0 Å². The highest BCUT2D eigenvalue weighted by Gasteiger charge is 2.30. The summed E-state index contributed by atoms with van der Waals surface area (Å²) < 4.78 is 5.81. The molecule has 0 aromatic heterocycles. The molecule has 2 amide bonds. The molecule has 0 aliphatic heterocycles. The molecule has 20 heavy (non-hydrogen) atoms. The zero-order valence-corrected chi connectivity index (χ0v) is 13.1. The van der Waals surface area contributed by atoms with Gasteiger partial charge >= 0.3 is 12.0 Å². The van der Waals surface area contributed by atoms with E-state index < -0.39 is 24.1 Å². The van der Waals surface area contributed by atoms with Crippen LogP contribution in [-0.2, 0) is 4.79 Å². The number of carbonyl (C=O) groups excluding carboxylic acids is 1. The van der Waals surface area contributed by atoms with E-state index in [1.165, 1.54) is 0 Å². The molecule has 1 rings (SSSR count). The van der Waals surface area contributed by atoms with Crippen LogP contribution >= 0.6 is 22.6 Å². The summed E-state index contributed by atoms with van der Waals surface area (Å²) in [6.45, 7) is 0.702. The van der Waals surface area contributed by atoms with Crippen LogP contribution in [0.2, 0.25) is 0 Å². The second-order valence-electron chi connectivity index (χ2n) is 4.23.